The molecule has 0 radical (unpaired) electrons. The average Bonchev–Trinajstić information content (AvgIpc) is 3.44. The SMILES string of the molecule is O=C(NC1CCCCN(C(=O)C2CC2)C1)c1cn[nH]c1C1CCCCC1. The van der Waals surface area contributed by atoms with E-state index in [9.17, 15) is 9.59 Å². The van der Waals surface area contributed by atoms with Gasteiger partial charge in [0.05, 0.1) is 17.5 Å². The molecular formula is C20H30N4O2. The van der Waals surface area contributed by atoms with E-state index in [-0.39, 0.29) is 23.8 Å². The maximum atomic E-state index is 12.9. The minimum absolute atomic E-state index is 0.0370. The first-order valence-corrected chi connectivity index (χ1v) is 10.4. The van der Waals surface area contributed by atoms with Gasteiger partial charge in [0.2, 0.25) is 5.91 Å². The third-order valence-electron chi connectivity index (χ3n) is 6.17. The van der Waals surface area contributed by atoms with Crippen LogP contribution in [0.15, 0.2) is 6.20 Å². The number of likely N-dealkylation sites (tertiary alicyclic amines) is 1. The third-order valence-corrected chi connectivity index (χ3v) is 6.17. The second-order valence-electron chi connectivity index (χ2n) is 8.26. The highest BCUT2D eigenvalue weighted by Gasteiger charge is 2.35. The van der Waals surface area contributed by atoms with Crippen LogP contribution >= 0.6 is 0 Å². The van der Waals surface area contributed by atoms with Gasteiger partial charge in [0.25, 0.3) is 5.91 Å². The van der Waals surface area contributed by atoms with Gasteiger partial charge in [0.15, 0.2) is 0 Å². The molecular weight excluding hydrogens is 328 g/mol. The minimum Gasteiger partial charge on any atom is -0.347 e. The Labute approximate surface area is 155 Å². The van der Waals surface area contributed by atoms with Gasteiger partial charge in [0.1, 0.15) is 0 Å². The fourth-order valence-corrected chi connectivity index (χ4v) is 4.49. The van der Waals surface area contributed by atoms with Crippen LogP contribution in [0.5, 0.6) is 0 Å². The fourth-order valence-electron chi connectivity index (χ4n) is 4.49. The topological polar surface area (TPSA) is 78.1 Å². The van der Waals surface area contributed by atoms with Crippen molar-refractivity contribution in [3.63, 3.8) is 0 Å². The number of rotatable bonds is 4. The van der Waals surface area contributed by atoms with E-state index in [4.69, 9.17) is 0 Å². The van der Waals surface area contributed by atoms with Crippen molar-refractivity contribution < 1.29 is 9.59 Å². The molecule has 1 atom stereocenters. The largest absolute Gasteiger partial charge is 0.347 e. The van der Waals surface area contributed by atoms with Crippen molar-refractivity contribution in [2.24, 2.45) is 5.92 Å². The molecule has 1 aliphatic heterocycles. The lowest BCUT2D eigenvalue weighted by Gasteiger charge is -2.26. The fraction of sp³-hybridized carbons (Fsp3) is 0.750. The summed E-state index contributed by atoms with van der Waals surface area (Å²) in [7, 11) is 0. The summed E-state index contributed by atoms with van der Waals surface area (Å²) in [6, 6.07) is 0.0433. The molecule has 1 aromatic rings. The number of hydrogen-bond donors (Lipinski definition) is 2. The Balaban J connectivity index is 1.40. The monoisotopic (exact) mass is 358 g/mol. The maximum Gasteiger partial charge on any atom is 0.255 e. The van der Waals surface area contributed by atoms with Gasteiger partial charge >= 0.3 is 0 Å². The molecule has 4 rings (SSSR count). The summed E-state index contributed by atoms with van der Waals surface area (Å²) < 4.78 is 0. The highest BCUT2D eigenvalue weighted by molar-refractivity contribution is 5.95. The number of H-pyrrole nitrogens is 1. The van der Waals surface area contributed by atoms with Crippen LogP contribution in [0.4, 0.5) is 0 Å². The Morgan fingerprint density at radius 1 is 1.04 bits per heavy atom. The van der Waals surface area contributed by atoms with E-state index in [1.807, 2.05) is 4.90 Å². The van der Waals surface area contributed by atoms with Crippen molar-refractivity contribution in [3.05, 3.63) is 17.5 Å². The number of aromatic amines is 1. The molecule has 2 heterocycles. The summed E-state index contributed by atoms with van der Waals surface area (Å²) >= 11 is 0. The van der Waals surface area contributed by atoms with E-state index >= 15 is 0 Å². The van der Waals surface area contributed by atoms with Crippen molar-refractivity contribution in [2.75, 3.05) is 13.1 Å². The second kappa shape index (κ2) is 7.80. The lowest BCUT2D eigenvalue weighted by Crippen LogP contribution is -2.45. The maximum absolute atomic E-state index is 12.9. The molecule has 2 amide bonds. The van der Waals surface area contributed by atoms with E-state index < -0.39 is 0 Å². The smallest absolute Gasteiger partial charge is 0.255 e. The number of aromatic nitrogens is 2. The first-order valence-electron chi connectivity index (χ1n) is 10.4. The lowest BCUT2D eigenvalue weighted by atomic mass is 9.85. The summed E-state index contributed by atoms with van der Waals surface area (Å²) in [6.07, 6.45) is 12.8. The molecule has 6 nitrogen and oxygen atoms in total. The van der Waals surface area contributed by atoms with Crippen LogP contribution < -0.4 is 5.32 Å². The predicted octanol–water partition coefficient (Wildman–Crippen LogP) is 2.98. The Hall–Kier alpha value is -1.85. The highest BCUT2D eigenvalue weighted by atomic mass is 16.2. The normalized spacial score (nSPS) is 24.9. The molecule has 0 aromatic carbocycles. The van der Waals surface area contributed by atoms with Crippen molar-refractivity contribution in [3.8, 4) is 0 Å². The van der Waals surface area contributed by atoms with Gasteiger partial charge in [-0.1, -0.05) is 19.3 Å². The minimum atomic E-state index is -0.0370. The van der Waals surface area contributed by atoms with Gasteiger partial charge in [-0.25, -0.2) is 0 Å². The first kappa shape index (κ1) is 17.6. The molecule has 6 heteroatoms. The number of nitrogens with one attached hydrogen (secondary N) is 2. The number of amides is 2. The first-order chi connectivity index (χ1) is 12.7. The number of hydrogen-bond acceptors (Lipinski definition) is 3. The highest BCUT2D eigenvalue weighted by Crippen LogP contribution is 2.33. The quantitative estimate of drug-likeness (QED) is 0.868. The molecule has 1 saturated heterocycles. The molecule has 26 heavy (non-hydrogen) atoms. The van der Waals surface area contributed by atoms with Gasteiger partial charge in [-0.2, -0.15) is 5.10 Å². The van der Waals surface area contributed by atoms with Crippen LogP contribution in [0.25, 0.3) is 0 Å². The summed E-state index contributed by atoms with van der Waals surface area (Å²) in [4.78, 5) is 27.3. The van der Waals surface area contributed by atoms with Gasteiger partial charge in [-0.15, -0.1) is 0 Å². The Morgan fingerprint density at radius 3 is 2.58 bits per heavy atom. The lowest BCUT2D eigenvalue weighted by molar-refractivity contribution is -0.132. The predicted molar refractivity (Wildman–Crippen MR) is 98.8 cm³/mol. The van der Waals surface area contributed by atoms with Crippen LogP contribution in [0, 0.1) is 5.92 Å². The van der Waals surface area contributed by atoms with E-state index in [2.05, 4.69) is 15.5 Å². The van der Waals surface area contributed by atoms with Crippen LogP contribution in [0.3, 0.4) is 0 Å². The van der Waals surface area contributed by atoms with Crippen molar-refractivity contribution in [1.29, 1.82) is 0 Å². The van der Waals surface area contributed by atoms with Crippen LogP contribution in [0.1, 0.15) is 86.2 Å². The van der Waals surface area contributed by atoms with Crippen LogP contribution in [-0.2, 0) is 4.79 Å². The van der Waals surface area contributed by atoms with Crippen molar-refractivity contribution >= 4 is 11.8 Å². The molecule has 2 N–H and O–H groups in total. The average molecular weight is 358 g/mol. The summed E-state index contributed by atoms with van der Waals surface area (Å²) in [5.41, 5.74) is 1.70. The Morgan fingerprint density at radius 2 is 1.81 bits per heavy atom. The summed E-state index contributed by atoms with van der Waals surface area (Å²) in [6.45, 7) is 1.48. The van der Waals surface area contributed by atoms with Gasteiger partial charge in [-0.3, -0.25) is 14.7 Å². The van der Waals surface area contributed by atoms with Crippen molar-refractivity contribution in [2.45, 2.75) is 76.2 Å². The van der Waals surface area contributed by atoms with Gasteiger partial charge in [-0.05, 0) is 44.9 Å². The number of carbonyl (C=O) groups excluding carboxylic acids is 2. The van der Waals surface area contributed by atoms with Gasteiger partial charge in [0, 0.05) is 31.0 Å². The molecule has 0 bridgehead atoms. The summed E-state index contributed by atoms with van der Waals surface area (Å²) in [5.74, 6) is 0.924. The molecule has 142 valence electrons. The van der Waals surface area contributed by atoms with Gasteiger partial charge < -0.3 is 10.2 Å². The molecule has 1 unspecified atom stereocenters. The number of carbonyl (C=O) groups is 2. The molecule has 2 saturated carbocycles. The molecule has 3 fully saturated rings. The van der Waals surface area contributed by atoms with Crippen LogP contribution in [0.2, 0.25) is 0 Å². The zero-order valence-corrected chi connectivity index (χ0v) is 15.5. The van der Waals surface area contributed by atoms with Crippen molar-refractivity contribution in [1.82, 2.24) is 20.4 Å². The van der Waals surface area contributed by atoms with E-state index in [1.54, 1.807) is 6.20 Å². The van der Waals surface area contributed by atoms with E-state index in [1.165, 1.54) is 19.3 Å². The molecule has 3 aliphatic rings. The molecule has 2 aliphatic carbocycles. The Kier molecular flexibility index (Phi) is 5.27. The van der Waals surface area contributed by atoms with E-state index in [0.29, 0.717) is 18.0 Å². The Bertz CT molecular complexity index is 646. The second-order valence-corrected chi connectivity index (χ2v) is 8.26. The molecule has 0 spiro atoms. The zero-order valence-electron chi connectivity index (χ0n) is 15.5. The standard InChI is InChI=1S/C20H30N4O2/c25-19(17-12-21-23-18(17)14-6-2-1-3-7-14)22-16-8-4-5-11-24(13-16)20(26)15-9-10-15/h12,14-16H,1-11,13H2,(H,21,23)(H,22,25). The van der Waals surface area contributed by atoms with Crippen LogP contribution in [-0.4, -0.2) is 46.0 Å². The summed E-state index contributed by atoms with van der Waals surface area (Å²) in [5, 5.41) is 10.4. The van der Waals surface area contributed by atoms with E-state index in [0.717, 1.165) is 57.2 Å². The number of nitrogens with zero attached hydrogens (tertiary/aromatic N) is 2. The molecule has 1 aromatic heterocycles. The zero-order chi connectivity index (χ0) is 17.9. The third kappa shape index (κ3) is 3.94.